The average Bonchev–Trinajstić information content (AvgIpc) is 2.29. The normalized spacial score (nSPS) is 13.8. The topological polar surface area (TPSA) is 67.3 Å². The molecule has 0 saturated carbocycles. The number of rotatable bonds is 5. The summed E-state index contributed by atoms with van der Waals surface area (Å²) in [6.07, 6.45) is 4.42. The molecule has 1 heterocycles. The van der Waals surface area contributed by atoms with Crippen molar-refractivity contribution in [1.82, 2.24) is 4.98 Å². The number of aliphatic carboxylic acids is 1. The van der Waals surface area contributed by atoms with Crippen molar-refractivity contribution >= 4 is 11.8 Å². The lowest BCUT2D eigenvalue weighted by atomic mass is 9.80. The molecule has 1 N–H and O–H groups in total. The number of carbonyl (C=O) groups excluding carboxylic acids is 1. The number of Topliss-reactive ketones (excluding diaryl/α,β-unsaturated/α-hetero) is 1. The molecule has 4 nitrogen and oxygen atoms in total. The maximum Gasteiger partial charge on any atom is 0.317 e. The van der Waals surface area contributed by atoms with Crippen LogP contribution in [0.4, 0.5) is 0 Å². The molecular weight excluding hydrogens is 206 g/mol. The zero-order valence-corrected chi connectivity index (χ0v) is 9.01. The third kappa shape index (κ3) is 2.16. The fourth-order valence-electron chi connectivity index (χ4n) is 1.38. The minimum absolute atomic E-state index is 0.0933. The molecule has 1 rings (SSSR count). The lowest BCUT2D eigenvalue weighted by molar-refractivity contribution is -0.144. The fraction of sp³-hybridized carbons (Fsp3) is 0.250. The lowest BCUT2D eigenvalue weighted by Gasteiger charge is -2.21. The fourth-order valence-corrected chi connectivity index (χ4v) is 1.38. The van der Waals surface area contributed by atoms with Crippen LogP contribution in [0, 0.1) is 5.41 Å². The Morgan fingerprint density at radius 3 is 2.75 bits per heavy atom. The summed E-state index contributed by atoms with van der Waals surface area (Å²) in [5.74, 6) is -1.60. The Labute approximate surface area is 93.6 Å². The quantitative estimate of drug-likeness (QED) is 0.467. The third-order valence-electron chi connectivity index (χ3n) is 2.45. The number of carbonyl (C=O) groups is 2. The van der Waals surface area contributed by atoms with Crippen molar-refractivity contribution in [2.75, 3.05) is 0 Å². The molecule has 1 atom stereocenters. The molecule has 1 aromatic heterocycles. The van der Waals surface area contributed by atoms with Gasteiger partial charge in [0.2, 0.25) is 0 Å². The number of hydrogen-bond acceptors (Lipinski definition) is 3. The Hall–Kier alpha value is -1.97. The molecule has 0 amide bonds. The van der Waals surface area contributed by atoms with Gasteiger partial charge >= 0.3 is 5.97 Å². The van der Waals surface area contributed by atoms with Gasteiger partial charge in [0.05, 0.1) is 0 Å². The van der Waals surface area contributed by atoms with Crippen molar-refractivity contribution in [3.63, 3.8) is 0 Å². The highest BCUT2D eigenvalue weighted by molar-refractivity contribution is 6.11. The standard InChI is InChI=1S/C12H13NO3/c1-3-6-12(2,11(15)16)10(14)9-5-4-7-13-8-9/h3-5,7-8H,1,6H2,2H3,(H,15,16). The molecule has 0 aliphatic rings. The highest BCUT2D eigenvalue weighted by atomic mass is 16.4. The van der Waals surface area contributed by atoms with E-state index in [-0.39, 0.29) is 6.42 Å². The average molecular weight is 219 g/mol. The predicted molar refractivity (Wildman–Crippen MR) is 59.1 cm³/mol. The second kappa shape index (κ2) is 4.70. The maximum atomic E-state index is 12.0. The summed E-state index contributed by atoms with van der Waals surface area (Å²) < 4.78 is 0. The molecule has 0 aromatic carbocycles. The molecule has 0 radical (unpaired) electrons. The van der Waals surface area contributed by atoms with Crippen molar-refractivity contribution in [1.29, 1.82) is 0 Å². The number of ketones is 1. The van der Waals surface area contributed by atoms with Gasteiger partial charge in [-0.15, -0.1) is 6.58 Å². The van der Waals surface area contributed by atoms with Crippen LogP contribution in [0.5, 0.6) is 0 Å². The monoisotopic (exact) mass is 219 g/mol. The van der Waals surface area contributed by atoms with Crippen molar-refractivity contribution in [2.24, 2.45) is 5.41 Å². The van der Waals surface area contributed by atoms with E-state index in [1.807, 2.05) is 0 Å². The minimum Gasteiger partial charge on any atom is -0.480 e. The lowest BCUT2D eigenvalue weighted by Crippen LogP contribution is -2.36. The zero-order valence-electron chi connectivity index (χ0n) is 9.01. The zero-order chi connectivity index (χ0) is 12.2. The summed E-state index contributed by atoms with van der Waals surface area (Å²) in [7, 11) is 0. The largest absolute Gasteiger partial charge is 0.480 e. The number of hydrogen-bond donors (Lipinski definition) is 1. The van der Waals surface area contributed by atoms with Gasteiger partial charge in [0, 0.05) is 18.0 Å². The van der Waals surface area contributed by atoms with Gasteiger partial charge in [0.15, 0.2) is 5.78 Å². The van der Waals surface area contributed by atoms with Crippen LogP contribution in [0.1, 0.15) is 23.7 Å². The van der Waals surface area contributed by atoms with Crippen molar-refractivity contribution < 1.29 is 14.7 Å². The first-order valence-corrected chi connectivity index (χ1v) is 4.81. The summed E-state index contributed by atoms with van der Waals surface area (Å²) in [6.45, 7) is 4.87. The van der Waals surface area contributed by atoms with E-state index >= 15 is 0 Å². The van der Waals surface area contributed by atoms with E-state index in [2.05, 4.69) is 11.6 Å². The Morgan fingerprint density at radius 2 is 2.31 bits per heavy atom. The number of carboxylic acids is 1. The Morgan fingerprint density at radius 1 is 1.62 bits per heavy atom. The Balaban J connectivity index is 3.11. The van der Waals surface area contributed by atoms with Crippen LogP contribution in [0.3, 0.4) is 0 Å². The van der Waals surface area contributed by atoms with E-state index < -0.39 is 17.2 Å². The first kappa shape index (κ1) is 12.1. The van der Waals surface area contributed by atoms with Gasteiger partial charge in [-0.3, -0.25) is 14.6 Å². The summed E-state index contributed by atoms with van der Waals surface area (Å²) in [6, 6.07) is 3.16. The van der Waals surface area contributed by atoms with Gasteiger partial charge in [-0.05, 0) is 25.5 Å². The van der Waals surface area contributed by atoms with Crippen LogP contribution in [0.25, 0.3) is 0 Å². The summed E-state index contributed by atoms with van der Waals surface area (Å²) in [5.41, 5.74) is -1.17. The van der Waals surface area contributed by atoms with Crippen LogP contribution in [-0.4, -0.2) is 21.8 Å². The van der Waals surface area contributed by atoms with Gasteiger partial charge < -0.3 is 5.11 Å². The van der Waals surface area contributed by atoms with Gasteiger partial charge in [-0.1, -0.05) is 6.08 Å². The molecule has 16 heavy (non-hydrogen) atoms. The predicted octanol–water partition coefficient (Wildman–Crippen LogP) is 1.93. The smallest absolute Gasteiger partial charge is 0.317 e. The molecule has 0 aliphatic carbocycles. The second-order valence-corrected chi connectivity index (χ2v) is 3.70. The molecule has 0 aliphatic heterocycles. The van der Waals surface area contributed by atoms with Crippen LogP contribution in [-0.2, 0) is 4.79 Å². The number of aromatic nitrogens is 1. The Kier molecular flexibility index (Phi) is 3.55. The van der Waals surface area contributed by atoms with Gasteiger partial charge in [-0.2, -0.15) is 0 Å². The van der Waals surface area contributed by atoms with Crippen LogP contribution in [0.2, 0.25) is 0 Å². The maximum absolute atomic E-state index is 12.0. The highest BCUT2D eigenvalue weighted by Crippen LogP contribution is 2.27. The van der Waals surface area contributed by atoms with E-state index in [0.717, 1.165) is 0 Å². The highest BCUT2D eigenvalue weighted by Gasteiger charge is 2.40. The molecule has 84 valence electrons. The van der Waals surface area contributed by atoms with E-state index in [1.165, 1.54) is 25.4 Å². The first-order valence-electron chi connectivity index (χ1n) is 4.81. The van der Waals surface area contributed by atoms with Crippen molar-refractivity contribution in [3.05, 3.63) is 42.7 Å². The third-order valence-corrected chi connectivity index (χ3v) is 2.45. The molecular formula is C12H13NO3. The molecule has 1 unspecified atom stereocenters. The number of allylic oxidation sites excluding steroid dienone is 1. The van der Waals surface area contributed by atoms with E-state index in [0.29, 0.717) is 5.56 Å². The number of nitrogens with zero attached hydrogens (tertiary/aromatic N) is 1. The summed E-state index contributed by atoms with van der Waals surface area (Å²) in [5, 5.41) is 9.11. The van der Waals surface area contributed by atoms with Gasteiger partial charge in [0.1, 0.15) is 5.41 Å². The molecule has 0 bridgehead atoms. The van der Waals surface area contributed by atoms with Gasteiger partial charge in [0.25, 0.3) is 0 Å². The van der Waals surface area contributed by atoms with Crippen LogP contribution < -0.4 is 0 Å². The molecule has 4 heteroatoms. The summed E-state index contributed by atoms with van der Waals surface area (Å²) in [4.78, 5) is 27.0. The Bertz CT molecular complexity index is 414. The molecule has 1 aromatic rings. The van der Waals surface area contributed by atoms with Crippen LogP contribution in [0.15, 0.2) is 37.2 Å². The molecule has 0 spiro atoms. The SMILES string of the molecule is C=CCC(C)(C(=O)O)C(=O)c1cccnc1. The van der Waals surface area contributed by atoms with Crippen molar-refractivity contribution in [2.45, 2.75) is 13.3 Å². The van der Waals surface area contributed by atoms with Crippen molar-refractivity contribution in [3.8, 4) is 0 Å². The van der Waals surface area contributed by atoms with Gasteiger partial charge in [-0.25, -0.2) is 0 Å². The second-order valence-electron chi connectivity index (χ2n) is 3.70. The van der Waals surface area contributed by atoms with E-state index in [4.69, 9.17) is 5.11 Å². The molecule has 0 fully saturated rings. The summed E-state index contributed by atoms with van der Waals surface area (Å²) >= 11 is 0. The minimum atomic E-state index is -1.47. The molecule has 0 saturated heterocycles. The van der Waals surface area contributed by atoms with E-state index in [9.17, 15) is 9.59 Å². The number of carboxylic acid groups (broad SMARTS) is 1. The van der Waals surface area contributed by atoms with Crippen LogP contribution >= 0.6 is 0 Å². The number of pyridine rings is 1. The van der Waals surface area contributed by atoms with E-state index in [1.54, 1.807) is 12.1 Å². The first-order chi connectivity index (χ1) is 7.52.